The molecule has 0 radical (unpaired) electrons. The maximum Gasteiger partial charge on any atom is 0.418 e. The van der Waals surface area contributed by atoms with Crippen molar-refractivity contribution in [2.45, 2.75) is 38.3 Å². The summed E-state index contributed by atoms with van der Waals surface area (Å²) in [4.78, 5) is 26.3. The SMILES string of the molecule is Cl.O=C(O)CCc1ccc(N2CCN(CCC3CCNCC3)C2=O)c(C(F)(F)F)c1. The number of hydrogen-bond donors (Lipinski definition) is 2. The van der Waals surface area contributed by atoms with Crippen molar-refractivity contribution in [1.82, 2.24) is 10.2 Å². The second-order valence-corrected chi connectivity index (χ2v) is 7.65. The first kappa shape index (κ1) is 24.3. The van der Waals surface area contributed by atoms with Crippen LogP contribution in [0.1, 0.15) is 36.8 Å². The van der Waals surface area contributed by atoms with Gasteiger partial charge in [0.15, 0.2) is 0 Å². The summed E-state index contributed by atoms with van der Waals surface area (Å²) in [5.74, 6) is -0.529. The molecule has 0 bridgehead atoms. The topological polar surface area (TPSA) is 72.9 Å². The fraction of sp³-hybridized carbons (Fsp3) is 0.600. The van der Waals surface area contributed by atoms with Crippen molar-refractivity contribution in [3.8, 4) is 0 Å². The van der Waals surface area contributed by atoms with Crippen LogP contribution in [0.4, 0.5) is 23.7 Å². The van der Waals surface area contributed by atoms with Gasteiger partial charge in [0.2, 0.25) is 0 Å². The van der Waals surface area contributed by atoms with Crippen molar-refractivity contribution < 1.29 is 27.9 Å². The van der Waals surface area contributed by atoms with Crippen LogP contribution < -0.4 is 10.2 Å². The first-order valence-corrected chi connectivity index (χ1v) is 9.95. The van der Waals surface area contributed by atoms with Crippen LogP contribution >= 0.6 is 12.4 Å². The summed E-state index contributed by atoms with van der Waals surface area (Å²) in [5.41, 5.74) is -0.766. The second kappa shape index (κ2) is 10.3. The first-order chi connectivity index (χ1) is 13.8. The summed E-state index contributed by atoms with van der Waals surface area (Å²) in [6, 6.07) is 3.32. The zero-order chi connectivity index (χ0) is 21.0. The molecule has 1 aromatic carbocycles. The normalized spacial score (nSPS) is 17.9. The Morgan fingerprint density at radius 2 is 1.90 bits per heavy atom. The minimum absolute atomic E-state index is 0. The Hall–Kier alpha value is -2.00. The van der Waals surface area contributed by atoms with Crippen molar-refractivity contribution in [2.75, 3.05) is 37.6 Å². The number of halogens is 4. The number of carboxylic acids is 1. The molecule has 6 nitrogen and oxygen atoms in total. The Balaban J connectivity index is 0.00000320. The van der Waals surface area contributed by atoms with Gasteiger partial charge >= 0.3 is 18.2 Å². The lowest BCUT2D eigenvalue weighted by Crippen LogP contribution is -2.35. The fourth-order valence-corrected chi connectivity index (χ4v) is 3.97. The third-order valence-electron chi connectivity index (χ3n) is 5.65. The molecule has 0 spiro atoms. The van der Waals surface area contributed by atoms with E-state index in [1.807, 2.05) is 0 Å². The predicted molar refractivity (Wildman–Crippen MR) is 109 cm³/mol. The van der Waals surface area contributed by atoms with Gasteiger partial charge in [-0.25, -0.2) is 4.79 Å². The summed E-state index contributed by atoms with van der Waals surface area (Å²) in [6.45, 7) is 3.10. The number of urea groups is 1. The van der Waals surface area contributed by atoms with E-state index in [1.54, 1.807) is 4.90 Å². The van der Waals surface area contributed by atoms with E-state index in [4.69, 9.17) is 5.11 Å². The molecule has 0 aromatic heterocycles. The minimum atomic E-state index is -4.63. The highest BCUT2D eigenvalue weighted by Crippen LogP contribution is 2.38. The van der Waals surface area contributed by atoms with Crippen LogP contribution in [-0.4, -0.2) is 54.7 Å². The quantitative estimate of drug-likeness (QED) is 0.664. The lowest BCUT2D eigenvalue weighted by atomic mass is 9.94. The van der Waals surface area contributed by atoms with Gasteiger partial charge in [0.05, 0.1) is 11.3 Å². The molecule has 10 heteroatoms. The summed E-state index contributed by atoms with van der Waals surface area (Å²) in [6.07, 6.45) is -1.89. The number of carbonyl (C=O) groups excluding carboxylic acids is 1. The molecule has 0 saturated carbocycles. The molecule has 2 amide bonds. The standard InChI is InChI=1S/C20H26F3N3O3.ClH/c21-20(22,23)16-13-15(2-4-18(27)28)1-3-17(16)26-12-11-25(19(26)29)10-7-14-5-8-24-9-6-14;/h1,3,13-14,24H,2,4-12H2,(H,27,28);1H. The highest BCUT2D eigenvalue weighted by Gasteiger charge is 2.39. The number of benzene rings is 1. The van der Waals surface area contributed by atoms with Crippen LogP contribution in [0.3, 0.4) is 0 Å². The first-order valence-electron chi connectivity index (χ1n) is 9.95. The Kier molecular flexibility index (Phi) is 8.37. The summed E-state index contributed by atoms with van der Waals surface area (Å²) in [7, 11) is 0. The molecule has 2 saturated heterocycles. The van der Waals surface area contributed by atoms with Gasteiger partial charge in [-0.05, 0) is 62.4 Å². The maximum absolute atomic E-state index is 13.6. The molecule has 2 fully saturated rings. The average Bonchev–Trinajstić information content (AvgIpc) is 3.05. The van der Waals surface area contributed by atoms with Gasteiger partial charge in [0.25, 0.3) is 0 Å². The van der Waals surface area contributed by atoms with Crippen LogP contribution in [-0.2, 0) is 17.4 Å². The van der Waals surface area contributed by atoms with Gasteiger partial charge in [0.1, 0.15) is 0 Å². The van der Waals surface area contributed by atoms with Crippen LogP contribution in [0, 0.1) is 5.92 Å². The molecule has 0 aliphatic carbocycles. The van der Waals surface area contributed by atoms with Gasteiger partial charge < -0.3 is 15.3 Å². The van der Waals surface area contributed by atoms with Crippen molar-refractivity contribution in [2.24, 2.45) is 5.92 Å². The third kappa shape index (κ3) is 6.01. The van der Waals surface area contributed by atoms with Gasteiger partial charge in [-0.1, -0.05) is 6.07 Å². The number of aliphatic carboxylic acids is 1. The number of hydrogen-bond acceptors (Lipinski definition) is 3. The van der Waals surface area contributed by atoms with E-state index in [0.717, 1.165) is 38.4 Å². The Labute approximate surface area is 179 Å². The van der Waals surface area contributed by atoms with E-state index in [-0.39, 0.29) is 43.0 Å². The molecule has 0 atom stereocenters. The van der Waals surface area contributed by atoms with Crippen molar-refractivity contribution >= 4 is 30.1 Å². The molecule has 2 aliphatic heterocycles. The van der Waals surface area contributed by atoms with Crippen molar-refractivity contribution in [3.63, 3.8) is 0 Å². The minimum Gasteiger partial charge on any atom is -0.481 e. The van der Waals surface area contributed by atoms with Gasteiger partial charge in [-0.3, -0.25) is 9.69 Å². The molecule has 2 heterocycles. The van der Waals surface area contributed by atoms with Crippen LogP contribution in [0.5, 0.6) is 0 Å². The highest BCUT2D eigenvalue weighted by molar-refractivity contribution is 5.95. The molecular formula is C20H27ClF3N3O3. The molecule has 2 aliphatic rings. The average molecular weight is 450 g/mol. The molecule has 3 rings (SSSR count). The van der Waals surface area contributed by atoms with Gasteiger partial charge in [-0.2, -0.15) is 13.2 Å². The zero-order valence-corrected chi connectivity index (χ0v) is 17.4. The Morgan fingerprint density at radius 3 is 2.53 bits per heavy atom. The number of nitrogens with one attached hydrogen (secondary N) is 1. The monoisotopic (exact) mass is 449 g/mol. The predicted octanol–water partition coefficient (Wildman–Crippen LogP) is 3.78. The molecule has 168 valence electrons. The van der Waals surface area contributed by atoms with Crippen molar-refractivity contribution in [1.29, 1.82) is 0 Å². The number of anilines is 1. The number of amides is 2. The lowest BCUT2D eigenvalue weighted by Gasteiger charge is -2.26. The van der Waals surface area contributed by atoms with Gasteiger partial charge in [-0.15, -0.1) is 12.4 Å². The smallest absolute Gasteiger partial charge is 0.418 e. The zero-order valence-electron chi connectivity index (χ0n) is 16.6. The molecule has 30 heavy (non-hydrogen) atoms. The number of carboxylic acid groups (broad SMARTS) is 1. The number of nitrogens with zero attached hydrogens (tertiary/aromatic N) is 2. The second-order valence-electron chi connectivity index (χ2n) is 7.65. The highest BCUT2D eigenvalue weighted by atomic mass is 35.5. The molecule has 2 N–H and O–H groups in total. The van der Waals surface area contributed by atoms with E-state index >= 15 is 0 Å². The molecular weight excluding hydrogens is 423 g/mol. The van der Waals surface area contributed by atoms with Gasteiger partial charge in [0, 0.05) is 26.1 Å². The summed E-state index contributed by atoms with van der Waals surface area (Å²) >= 11 is 0. The van der Waals surface area contributed by atoms with Crippen LogP contribution in [0.15, 0.2) is 18.2 Å². The van der Waals surface area contributed by atoms with E-state index in [9.17, 15) is 22.8 Å². The molecule has 1 aromatic rings. The maximum atomic E-state index is 13.6. The van der Waals surface area contributed by atoms with Crippen molar-refractivity contribution in [3.05, 3.63) is 29.3 Å². The number of alkyl halides is 3. The number of carbonyl (C=O) groups is 2. The fourth-order valence-electron chi connectivity index (χ4n) is 3.97. The summed E-state index contributed by atoms with van der Waals surface area (Å²) in [5, 5.41) is 12.0. The third-order valence-corrected chi connectivity index (χ3v) is 5.65. The van der Waals surface area contributed by atoms with E-state index < -0.39 is 23.7 Å². The number of piperidine rings is 1. The number of rotatable bonds is 7. The van der Waals surface area contributed by atoms with E-state index in [0.29, 0.717) is 19.0 Å². The molecule has 0 unspecified atom stereocenters. The van der Waals surface area contributed by atoms with E-state index in [2.05, 4.69) is 5.32 Å². The van der Waals surface area contributed by atoms with E-state index in [1.165, 1.54) is 17.0 Å². The Morgan fingerprint density at radius 1 is 1.20 bits per heavy atom. The van der Waals surface area contributed by atoms with Crippen LogP contribution in [0.2, 0.25) is 0 Å². The lowest BCUT2D eigenvalue weighted by molar-refractivity contribution is -0.137. The number of aryl methyl sites for hydroxylation is 1. The summed E-state index contributed by atoms with van der Waals surface area (Å²) < 4.78 is 40.9. The Bertz CT molecular complexity index is 755. The largest absolute Gasteiger partial charge is 0.481 e. The van der Waals surface area contributed by atoms with Crippen LogP contribution in [0.25, 0.3) is 0 Å².